The van der Waals surface area contributed by atoms with E-state index in [1.54, 1.807) is 0 Å². The number of ether oxygens (including phenoxy) is 1. The van der Waals surface area contributed by atoms with Crippen LogP contribution >= 0.6 is 11.6 Å². The van der Waals surface area contributed by atoms with Crippen LogP contribution in [0.4, 0.5) is 4.79 Å². The fourth-order valence-electron chi connectivity index (χ4n) is 4.40. The van der Waals surface area contributed by atoms with E-state index in [2.05, 4.69) is 5.32 Å². The molecule has 6 heteroatoms. The first-order valence-electron chi connectivity index (χ1n) is 10.0. The van der Waals surface area contributed by atoms with E-state index in [1.165, 1.54) is 0 Å². The summed E-state index contributed by atoms with van der Waals surface area (Å²) in [6, 6.07) is 7.72. The standard InChI is InChI=1S/C21H29ClN2O3/c1-2-27-19(25)15-21(12-4-3-5-13-21)23-20(26)24-14-6-7-18(24)16-8-10-17(22)11-9-16/h8-11,18H,2-7,12-15H2,1H3,(H,23,26)/t18-/m0/s1. The summed E-state index contributed by atoms with van der Waals surface area (Å²) in [4.78, 5) is 27.2. The second kappa shape index (κ2) is 8.96. The van der Waals surface area contributed by atoms with Crippen LogP contribution in [-0.2, 0) is 9.53 Å². The quantitative estimate of drug-likeness (QED) is 0.729. The Hall–Kier alpha value is -1.75. The average molecular weight is 393 g/mol. The van der Waals surface area contributed by atoms with Crippen molar-refractivity contribution in [3.05, 3.63) is 34.9 Å². The summed E-state index contributed by atoms with van der Waals surface area (Å²) in [6.07, 6.45) is 7.05. The smallest absolute Gasteiger partial charge is 0.318 e. The molecule has 0 aromatic heterocycles. The van der Waals surface area contributed by atoms with Crippen LogP contribution in [0.15, 0.2) is 24.3 Å². The maximum absolute atomic E-state index is 13.1. The van der Waals surface area contributed by atoms with Crippen LogP contribution in [0.25, 0.3) is 0 Å². The zero-order valence-electron chi connectivity index (χ0n) is 16.0. The van der Waals surface area contributed by atoms with E-state index >= 15 is 0 Å². The summed E-state index contributed by atoms with van der Waals surface area (Å²) in [5.74, 6) is -0.227. The largest absolute Gasteiger partial charge is 0.466 e. The zero-order valence-corrected chi connectivity index (χ0v) is 16.8. The molecule has 1 aromatic carbocycles. The van der Waals surface area contributed by atoms with Gasteiger partial charge in [0.25, 0.3) is 0 Å². The minimum Gasteiger partial charge on any atom is -0.466 e. The zero-order chi connectivity index (χ0) is 19.3. The highest BCUT2D eigenvalue weighted by atomic mass is 35.5. The van der Waals surface area contributed by atoms with Crippen LogP contribution in [0.2, 0.25) is 5.02 Å². The van der Waals surface area contributed by atoms with Gasteiger partial charge in [-0.25, -0.2) is 4.79 Å². The molecular weight excluding hydrogens is 364 g/mol. The Kier molecular flexibility index (Phi) is 6.64. The van der Waals surface area contributed by atoms with Gasteiger partial charge < -0.3 is 15.0 Å². The van der Waals surface area contributed by atoms with Crippen LogP contribution in [0, 0.1) is 0 Å². The van der Waals surface area contributed by atoms with Crippen LogP contribution in [0.3, 0.4) is 0 Å². The number of benzene rings is 1. The molecule has 0 radical (unpaired) electrons. The molecule has 0 bridgehead atoms. The Morgan fingerprint density at radius 3 is 2.56 bits per heavy atom. The molecule has 1 saturated heterocycles. The number of halogens is 1. The van der Waals surface area contributed by atoms with Gasteiger partial charge in [0, 0.05) is 11.6 Å². The number of esters is 1. The number of likely N-dealkylation sites (tertiary alicyclic amines) is 1. The van der Waals surface area contributed by atoms with Gasteiger partial charge in [-0.2, -0.15) is 0 Å². The highest BCUT2D eigenvalue weighted by molar-refractivity contribution is 6.30. The number of rotatable bonds is 5. The molecule has 5 nitrogen and oxygen atoms in total. The molecule has 1 aliphatic heterocycles. The van der Waals surface area contributed by atoms with Crippen molar-refractivity contribution in [1.82, 2.24) is 10.2 Å². The minimum absolute atomic E-state index is 0.0606. The van der Waals surface area contributed by atoms with E-state index in [1.807, 2.05) is 36.1 Å². The van der Waals surface area contributed by atoms with E-state index in [-0.39, 0.29) is 24.5 Å². The van der Waals surface area contributed by atoms with E-state index in [0.29, 0.717) is 11.6 Å². The predicted octanol–water partition coefficient (Wildman–Crippen LogP) is 4.84. The molecule has 2 fully saturated rings. The van der Waals surface area contributed by atoms with Crippen molar-refractivity contribution in [1.29, 1.82) is 0 Å². The molecule has 1 atom stereocenters. The second-order valence-corrected chi connectivity index (χ2v) is 8.09. The Bertz CT molecular complexity index is 656. The van der Waals surface area contributed by atoms with Crippen molar-refractivity contribution in [2.45, 2.75) is 69.9 Å². The highest BCUT2D eigenvalue weighted by Gasteiger charge is 2.39. The van der Waals surface area contributed by atoms with Crippen molar-refractivity contribution in [2.24, 2.45) is 0 Å². The fourth-order valence-corrected chi connectivity index (χ4v) is 4.53. The summed E-state index contributed by atoms with van der Waals surface area (Å²) in [5, 5.41) is 3.93. The highest BCUT2D eigenvalue weighted by Crippen LogP contribution is 2.35. The van der Waals surface area contributed by atoms with Crippen molar-refractivity contribution in [3.8, 4) is 0 Å². The number of hydrogen-bond acceptors (Lipinski definition) is 3. The summed E-state index contributed by atoms with van der Waals surface area (Å²) < 4.78 is 5.16. The van der Waals surface area contributed by atoms with Crippen LogP contribution in [0.1, 0.15) is 69.9 Å². The van der Waals surface area contributed by atoms with E-state index in [9.17, 15) is 9.59 Å². The third-order valence-corrected chi connectivity index (χ3v) is 5.99. The maximum atomic E-state index is 13.1. The van der Waals surface area contributed by atoms with E-state index in [0.717, 1.165) is 57.1 Å². The van der Waals surface area contributed by atoms with Crippen molar-refractivity contribution in [2.75, 3.05) is 13.2 Å². The van der Waals surface area contributed by atoms with Gasteiger partial charge in [0.15, 0.2) is 0 Å². The molecule has 1 N–H and O–H groups in total. The molecule has 2 aliphatic rings. The maximum Gasteiger partial charge on any atom is 0.318 e. The van der Waals surface area contributed by atoms with Gasteiger partial charge in [0.1, 0.15) is 0 Å². The number of nitrogens with one attached hydrogen (secondary N) is 1. The lowest BCUT2D eigenvalue weighted by Crippen LogP contribution is -2.55. The third-order valence-electron chi connectivity index (χ3n) is 5.74. The van der Waals surface area contributed by atoms with Gasteiger partial charge in [0.05, 0.1) is 24.6 Å². The molecule has 27 heavy (non-hydrogen) atoms. The van der Waals surface area contributed by atoms with E-state index < -0.39 is 5.54 Å². The molecular formula is C21H29ClN2O3. The number of amides is 2. The minimum atomic E-state index is -0.477. The second-order valence-electron chi connectivity index (χ2n) is 7.66. The van der Waals surface area contributed by atoms with E-state index in [4.69, 9.17) is 16.3 Å². The lowest BCUT2D eigenvalue weighted by Gasteiger charge is -2.39. The van der Waals surface area contributed by atoms with Gasteiger partial charge >= 0.3 is 12.0 Å². The number of carbonyl (C=O) groups is 2. The van der Waals surface area contributed by atoms with Crippen LogP contribution < -0.4 is 5.32 Å². The first kappa shape index (κ1) is 20.0. The first-order chi connectivity index (χ1) is 13.0. The number of hydrogen-bond donors (Lipinski definition) is 1. The van der Waals surface area contributed by atoms with Crippen LogP contribution in [0.5, 0.6) is 0 Å². The van der Waals surface area contributed by atoms with Crippen molar-refractivity contribution < 1.29 is 14.3 Å². The Labute approximate surface area is 166 Å². The number of carbonyl (C=O) groups excluding carboxylic acids is 2. The fraction of sp³-hybridized carbons (Fsp3) is 0.619. The molecule has 1 aliphatic carbocycles. The Morgan fingerprint density at radius 2 is 1.89 bits per heavy atom. The topological polar surface area (TPSA) is 58.6 Å². The predicted molar refractivity (Wildman–Crippen MR) is 106 cm³/mol. The summed E-state index contributed by atoms with van der Waals surface area (Å²) in [6.45, 7) is 2.91. The molecule has 148 valence electrons. The van der Waals surface area contributed by atoms with Gasteiger partial charge in [-0.1, -0.05) is 43.0 Å². The van der Waals surface area contributed by atoms with Gasteiger partial charge in [-0.05, 0) is 50.3 Å². The molecule has 1 aromatic rings. The molecule has 3 rings (SSSR count). The SMILES string of the molecule is CCOC(=O)CC1(NC(=O)N2CCC[C@H]2c2ccc(Cl)cc2)CCCCC1. The Balaban J connectivity index is 1.72. The Morgan fingerprint density at radius 1 is 1.19 bits per heavy atom. The van der Waals surface area contributed by atoms with Crippen molar-refractivity contribution in [3.63, 3.8) is 0 Å². The summed E-state index contributed by atoms with van der Waals surface area (Å²) in [5.41, 5.74) is 0.629. The third kappa shape index (κ3) is 4.95. The molecule has 0 unspecified atom stereocenters. The average Bonchev–Trinajstić information content (AvgIpc) is 3.13. The number of nitrogens with zero attached hydrogens (tertiary/aromatic N) is 1. The summed E-state index contributed by atoms with van der Waals surface area (Å²) in [7, 11) is 0. The lowest BCUT2D eigenvalue weighted by molar-refractivity contribution is -0.145. The summed E-state index contributed by atoms with van der Waals surface area (Å²) >= 11 is 6.00. The molecule has 1 heterocycles. The molecule has 0 spiro atoms. The number of urea groups is 1. The van der Waals surface area contributed by atoms with Crippen LogP contribution in [-0.4, -0.2) is 35.6 Å². The monoisotopic (exact) mass is 392 g/mol. The molecule has 2 amide bonds. The lowest BCUT2D eigenvalue weighted by atomic mass is 9.79. The van der Waals surface area contributed by atoms with Gasteiger partial charge in [-0.3, -0.25) is 4.79 Å². The van der Waals surface area contributed by atoms with Crippen molar-refractivity contribution >= 4 is 23.6 Å². The van der Waals surface area contributed by atoms with Gasteiger partial charge in [0.2, 0.25) is 0 Å². The normalized spacial score (nSPS) is 21.7. The van der Waals surface area contributed by atoms with Gasteiger partial charge in [-0.15, -0.1) is 0 Å². The first-order valence-corrected chi connectivity index (χ1v) is 10.4. The molecule has 1 saturated carbocycles.